The average molecular weight is 365 g/mol. The molecule has 1 aliphatic rings. The summed E-state index contributed by atoms with van der Waals surface area (Å²) in [5, 5.41) is 0.621. The Labute approximate surface area is 133 Å². The quantitative estimate of drug-likeness (QED) is 0.441. The molecule has 0 radical (unpaired) electrons. The molecule has 2 amide bonds. The van der Waals surface area contributed by atoms with Crippen molar-refractivity contribution in [1.29, 1.82) is 0 Å². The highest BCUT2D eigenvalue weighted by Crippen LogP contribution is 2.34. The van der Waals surface area contributed by atoms with E-state index in [0.717, 1.165) is 21.3 Å². The summed E-state index contributed by atoms with van der Waals surface area (Å²) >= 11 is 23.5. The van der Waals surface area contributed by atoms with E-state index in [1.54, 1.807) is 0 Å². The summed E-state index contributed by atoms with van der Waals surface area (Å²) in [5.41, 5.74) is 0.383. The molecule has 0 N–H and O–H groups in total. The Balaban J connectivity index is 2.23. The molecule has 1 fully saturated rings. The molecular weight excluding hydrogens is 359 g/mol. The molecule has 0 unspecified atom stereocenters. The molecule has 19 heavy (non-hydrogen) atoms. The molecule has 0 aromatic heterocycles. The van der Waals surface area contributed by atoms with Gasteiger partial charge in [-0.2, -0.15) is 0 Å². The van der Waals surface area contributed by atoms with Gasteiger partial charge in [0, 0.05) is 10.0 Å². The number of anilines is 1. The first-order valence-electron chi connectivity index (χ1n) is 4.84. The second kappa shape index (κ2) is 6.11. The summed E-state index contributed by atoms with van der Waals surface area (Å²) in [5.74, 6) is 0. The first kappa shape index (κ1) is 15.3. The predicted molar refractivity (Wildman–Crippen MR) is 77.1 cm³/mol. The van der Waals surface area contributed by atoms with Gasteiger partial charge < -0.3 is 0 Å². The Morgan fingerprint density at radius 3 is 2.32 bits per heavy atom. The van der Waals surface area contributed by atoms with E-state index in [1.807, 2.05) is 0 Å². The van der Waals surface area contributed by atoms with Gasteiger partial charge in [-0.1, -0.05) is 56.1 Å². The molecule has 0 spiro atoms. The summed E-state index contributed by atoms with van der Waals surface area (Å²) in [6.45, 7) is -0.0629. The number of hydrogen-bond acceptors (Lipinski definition) is 3. The number of benzene rings is 1. The van der Waals surface area contributed by atoms with E-state index in [9.17, 15) is 9.28 Å². The molecule has 1 aliphatic heterocycles. The fourth-order valence-corrected chi connectivity index (χ4v) is 3.07. The van der Waals surface area contributed by atoms with E-state index in [0.29, 0.717) is 15.7 Å². The number of hydrogen-bond donors (Lipinski definition) is 0. The maximum absolute atomic E-state index is 13.6. The van der Waals surface area contributed by atoms with Crippen LogP contribution in [0.1, 0.15) is 0 Å². The van der Waals surface area contributed by atoms with E-state index in [2.05, 4.69) is 0 Å². The number of urea groups is 1. The lowest BCUT2D eigenvalue weighted by molar-refractivity contribution is -0.0290. The van der Waals surface area contributed by atoms with Gasteiger partial charge in [0.1, 0.15) is 6.67 Å². The van der Waals surface area contributed by atoms with E-state index < -0.39 is 10.2 Å². The Hall–Kier alpha value is -0.110. The van der Waals surface area contributed by atoms with Gasteiger partial charge in [0.2, 0.25) is 0 Å². The van der Waals surface area contributed by atoms with Gasteiger partial charge in [-0.05, 0) is 30.1 Å². The fraction of sp³-hybridized carbons (Fsp3) is 0.222. The number of amides is 2. The second-order valence-corrected chi connectivity index (χ2v) is 7.05. The van der Waals surface area contributed by atoms with Gasteiger partial charge >= 0.3 is 6.03 Å². The molecule has 1 heterocycles. The normalized spacial score (nSPS) is 16.8. The van der Waals surface area contributed by atoms with Crippen molar-refractivity contribution in [2.75, 3.05) is 11.6 Å². The molecule has 0 saturated carbocycles. The summed E-state index contributed by atoms with van der Waals surface area (Å²) in [6, 6.07) is 3.65. The van der Waals surface area contributed by atoms with Crippen LogP contribution in [-0.2, 0) is 0 Å². The molecule has 1 saturated heterocycles. The molecule has 1 aromatic carbocycles. The Kier molecular flexibility index (Phi) is 4.92. The zero-order valence-electron chi connectivity index (χ0n) is 9.06. The van der Waals surface area contributed by atoms with Crippen LogP contribution in [0.4, 0.5) is 15.0 Å². The van der Waals surface area contributed by atoms with Crippen molar-refractivity contribution in [3.63, 3.8) is 0 Å². The third kappa shape index (κ3) is 3.51. The topological polar surface area (TPSA) is 26.8 Å². The van der Waals surface area contributed by atoms with Crippen LogP contribution in [0.3, 0.4) is 0 Å². The van der Waals surface area contributed by atoms with Crippen LogP contribution in [0.5, 0.6) is 0 Å². The highest BCUT2D eigenvalue weighted by Gasteiger charge is 2.39. The van der Waals surface area contributed by atoms with Gasteiger partial charge in [-0.3, -0.25) is 4.90 Å². The highest BCUT2D eigenvalue weighted by molar-refractivity contribution is 8.00. The van der Waals surface area contributed by atoms with Crippen molar-refractivity contribution in [2.45, 2.75) is 4.17 Å². The zero-order valence-corrected chi connectivity index (χ0v) is 12.9. The third-order valence-electron chi connectivity index (χ3n) is 2.21. The highest BCUT2D eigenvalue weighted by atomic mass is 35.5. The largest absolute Gasteiger partial charge is 0.370 e. The van der Waals surface area contributed by atoms with Gasteiger partial charge in [0.25, 0.3) is 0 Å². The molecule has 0 atom stereocenters. The van der Waals surface area contributed by atoms with E-state index in [1.165, 1.54) is 18.2 Å². The Morgan fingerprint density at radius 1 is 1.21 bits per heavy atom. The molecule has 0 aliphatic carbocycles. The third-order valence-corrected chi connectivity index (χ3v) is 3.78. The minimum Gasteiger partial charge on any atom is -0.275 e. The van der Waals surface area contributed by atoms with Crippen LogP contribution in [0.2, 0.25) is 10.0 Å². The van der Waals surface area contributed by atoms with Gasteiger partial charge in [-0.25, -0.2) is 4.79 Å². The summed E-state index contributed by atoms with van der Waals surface area (Å²) in [6.07, 6.45) is 0. The van der Waals surface area contributed by atoms with Crippen molar-refractivity contribution in [3.05, 3.63) is 28.2 Å². The molecule has 2 rings (SSSR count). The standard InChI is InChI=1S/C9H6Cl4FN3OS/c10-5-1-6(11)3-7(2-5)15-4-16(19-8(12)13)17(14)9(15)18/h1-3,8H,4H2. The molecule has 10 heteroatoms. The fourth-order valence-electron chi connectivity index (χ4n) is 1.49. The number of alkyl halides is 2. The molecular formula is C9H6Cl4FN3OS. The number of rotatable bonds is 3. The Morgan fingerprint density at radius 2 is 1.79 bits per heavy atom. The average Bonchev–Trinajstić information content (AvgIpc) is 2.55. The number of carbonyl (C=O) groups excluding carboxylic acids is 1. The SMILES string of the molecule is O=C1N(c2cc(Cl)cc(Cl)c2)CN(SC(Cl)Cl)N1F. The van der Waals surface area contributed by atoms with Crippen molar-refractivity contribution < 1.29 is 9.28 Å². The van der Waals surface area contributed by atoms with E-state index in [4.69, 9.17) is 46.4 Å². The minimum absolute atomic E-state index is 0.0629. The van der Waals surface area contributed by atoms with Crippen LogP contribution in [0, 0.1) is 0 Å². The lowest BCUT2D eigenvalue weighted by Gasteiger charge is -2.16. The van der Waals surface area contributed by atoms with Gasteiger partial charge in [0.15, 0.2) is 4.17 Å². The van der Waals surface area contributed by atoms with E-state index >= 15 is 0 Å². The number of carbonyl (C=O) groups is 1. The lowest BCUT2D eigenvalue weighted by atomic mass is 10.3. The summed E-state index contributed by atoms with van der Waals surface area (Å²) in [7, 11) is 0. The van der Waals surface area contributed by atoms with Gasteiger partial charge in [0.05, 0.1) is 5.69 Å². The smallest absolute Gasteiger partial charge is 0.275 e. The molecule has 1 aromatic rings. The molecule has 4 nitrogen and oxygen atoms in total. The predicted octanol–water partition coefficient (Wildman–Crippen LogP) is 4.70. The van der Waals surface area contributed by atoms with Crippen LogP contribution in [0.25, 0.3) is 0 Å². The van der Waals surface area contributed by atoms with Crippen molar-refractivity contribution in [3.8, 4) is 0 Å². The van der Waals surface area contributed by atoms with Crippen LogP contribution >= 0.6 is 58.4 Å². The van der Waals surface area contributed by atoms with Crippen LogP contribution in [-0.4, -0.2) is 26.5 Å². The monoisotopic (exact) mass is 363 g/mol. The number of hydrazine groups is 1. The van der Waals surface area contributed by atoms with Crippen molar-refractivity contribution >= 4 is 70.1 Å². The summed E-state index contributed by atoms with van der Waals surface area (Å²) in [4.78, 5) is 12.9. The molecule has 0 bridgehead atoms. The first-order chi connectivity index (χ1) is 8.88. The number of halogens is 5. The lowest BCUT2D eigenvalue weighted by Crippen LogP contribution is -2.28. The zero-order chi connectivity index (χ0) is 14.2. The summed E-state index contributed by atoms with van der Waals surface area (Å²) < 4.78 is 13.7. The second-order valence-electron chi connectivity index (χ2n) is 3.46. The van der Waals surface area contributed by atoms with Crippen LogP contribution in [0.15, 0.2) is 18.2 Å². The maximum atomic E-state index is 13.6. The van der Waals surface area contributed by atoms with Gasteiger partial charge in [-0.15, -0.1) is 4.41 Å². The maximum Gasteiger partial charge on any atom is 0.370 e. The van der Waals surface area contributed by atoms with E-state index in [-0.39, 0.29) is 11.9 Å². The van der Waals surface area contributed by atoms with Crippen molar-refractivity contribution in [1.82, 2.24) is 9.65 Å². The first-order valence-corrected chi connectivity index (χ1v) is 7.31. The van der Waals surface area contributed by atoms with Crippen LogP contribution < -0.4 is 4.90 Å². The number of nitrogens with zero attached hydrogens (tertiary/aromatic N) is 3. The molecule has 104 valence electrons. The van der Waals surface area contributed by atoms with Crippen molar-refractivity contribution in [2.24, 2.45) is 0 Å². The minimum atomic E-state index is -0.894. The Bertz CT molecular complexity index is 486.